The largest absolute Gasteiger partial charge is 0.481 e. The maximum atomic E-state index is 13.7. The summed E-state index contributed by atoms with van der Waals surface area (Å²) in [5, 5.41) is 3.29. The first-order valence-corrected chi connectivity index (χ1v) is 9.12. The number of para-hydroxylation sites is 1. The molecule has 7 heteroatoms. The zero-order valence-electron chi connectivity index (χ0n) is 15.1. The molecule has 0 atom stereocenters. The first-order chi connectivity index (χ1) is 13.6. The Morgan fingerprint density at radius 1 is 1.11 bits per heavy atom. The fourth-order valence-corrected chi connectivity index (χ4v) is 3.27. The van der Waals surface area contributed by atoms with E-state index in [4.69, 9.17) is 9.72 Å². The topological polar surface area (TPSA) is 54.5 Å². The molecule has 2 aromatic carbocycles. The van der Waals surface area contributed by atoms with Gasteiger partial charge in [-0.15, -0.1) is 0 Å². The molecule has 0 radical (unpaired) electrons. The summed E-state index contributed by atoms with van der Waals surface area (Å²) in [4.78, 5) is 19.0. The van der Waals surface area contributed by atoms with Crippen LogP contribution < -0.4 is 15.0 Å². The highest BCUT2D eigenvalue weighted by atomic mass is 19.1. The summed E-state index contributed by atoms with van der Waals surface area (Å²) in [6.07, 6.45) is 2.30. The van der Waals surface area contributed by atoms with E-state index in [1.54, 1.807) is 6.07 Å². The molecule has 1 N–H and O–H groups in total. The second-order valence-electron chi connectivity index (χ2n) is 6.65. The minimum Gasteiger partial charge on any atom is -0.481 e. The van der Waals surface area contributed by atoms with Gasteiger partial charge in [0, 0.05) is 24.5 Å². The molecule has 1 saturated heterocycles. The van der Waals surface area contributed by atoms with Gasteiger partial charge in [0.1, 0.15) is 28.7 Å². The lowest BCUT2D eigenvalue weighted by atomic mass is 10.2. The zero-order chi connectivity index (χ0) is 19.5. The van der Waals surface area contributed by atoms with Crippen molar-refractivity contribution in [3.63, 3.8) is 0 Å². The SMILES string of the molecule is O=C(COc1cccc2ccc(N3CCCC3)nc12)Nc1ccc(F)cc1F. The van der Waals surface area contributed by atoms with Crippen LogP contribution in [0.5, 0.6) is 5.75 Å². The molecule has 1 aliphatic rings. The van der Waals surface area contributed by atoms with Crippen LogP contribution in [0.2, 0.25) is 0 Å². The number of carbonyl (C=O) groups is 1. The number of nitrogens with one attached hydrogen (secondary N) is 1. The van der Waals surface area contributed by atoms with Gasteiger partial charge < -0.3 is 15.0 Å². The Labute approximate surface area is 160 Å². The summed E-state index contributed by atoms with van der Waals surface area (Å²) in [6, 6.07) is 12.4. The van der Waals surface area contributed by atoms with E-state index in [9.17, 15) is 13.6 Å². The maximum Gasteiger partial charge on any atom is 0.262 e. The first kappa shape index (κ1) is 18.2. The number of pyridine rings is 1. The van der Waals surface area contributed by atoms with Crippen molar-refractivity contribution in [3.05, 3.63) is 60.2 Å². The molecule has 0 unspecified atom stereocenters. The van der Waals surface area contributed by atoms with Crippen molar-refractivity contribution < 1.29 is 18.3 Å². The van der Waals surface area contributed by atoms with Crippen LogP contribution in [0.1, 0.15) is 12.8 Å². The van der Waals surface area contributed by atoms with E-state index in [-0.39, 0.29) is 12.3 Å². The molecule has 144 valence electrons. The molecule has 3 aromatic rings. The molecule has 28 heavy (non-hydrogen) atoms. The van der Waals surface area contributed by atoms with E-state index in [1.807, 2.05) is 24.3 Å². The number of halogens is 2. The number of rotatable bonds is 5. The predicted molar refractivity (Wildman–Crippen MR) is 104 cm³/mol. The highest BCUT2D eigenvalue weighted by Gasteiger charge is 2.15. The lowest BCUT2D eigenvalue weighted by Crippen LogP contribution is -2.21. The molecule has 1 aromatic heterocycles. The normalized spacial score (nSPS) is 13.7. The van der Waals surface area contributed by atoms with E-state index in [2.05, 4.69) is 10.2 Å². The number of hydrogen-bond acceptors (Lipinski definition) is 4. The monoisotopic (exact) mass is 383 g/mol. The highest BCUT2D eigenvalue weighted by molar-refractivity contribution is 5.92. The van der Waals surface area contributed by atoms with Crippen molar-refractivity contribution in [2.45, 2.75) is 12.8 Å². The van der Waals surface area contributed by atoms with E-state index in [0.29, 0.717) is 17.3 Å². The number of fused-ring (bicyclic) bond motifs is 1. The van der Waals surface area contributed by atoms with E-state index in [1.165, 1.54) is 6.07 Å². The summed E-state index contributed by atoms with van der Waals surface area (Å²) in [5.74, 6) is -0.719. The van der Waals surface area contributed by atoms with Gasteiger partial charge in [0.05, 0.1) is 5.69 Å². The Morgan fingerprint density at radius 3 is 2.71 bits per heavy atom. The van der Waals surface area contributed by atoms with E-state index in [0.717, 1.165) is 43.2 Å². The number of benzene rings is 2. The molecule has 0 aliphatic carbocycles. The molecule has 0 bridgehead atoms. The smallest absolute Gasteiger partial charge is 0.262 e. The Balaban J connectivity index is 1.49. The number of aromatic nitrogens is 1. The van der Waals surface area contributed by atoms with Crippen molar-refractivity contribution in [3.8, 4) is 5.75 Å². The molecule has 0 spiro atoms. The Morgan fingerprint density at radius 2 is 1.93 bits per heavy atom. The van der Waals surface area contributed by atoms with Crippen LogP contribution in [0.3, 0.4) is 0 Å². The Hall–Kier alpha value is -3.22. The summed E-state index contributed by atoms with van der Waals surface area (Å²) in [7, 11) is 0. The fourth-order valence-electron chi connectivity index (χ4n) is 3.27. The standard InChI is InChI=1S/C21H19F2N3O2/c22-15-7-8-17(16(23)12-15)24-20(27)13-28-18-5-3-4-14-6-9-19(25-21(14)18)26-10-1-2-11-26/h3-9,12H,1-2,10-11,13H2,(H,24,27). The van der Waals surface area contributed by atoms with Gasteiger partial charge in [-0.1, -0.05) is 12.1 Å². The van der Waals surface area contributed by atoms with Crippen LogP contribution in [0.4, 0.5) is 20.3 Å². The first-order valence-electron chi connectivity index (χ1n) is 9.12. The van der Waals surface area contributed by atoms with Gasteiger partial charge in [0.15, 0.2) is 6.61 Å². The number of carbonyl (C=O) groups excluding carboxylic acids is 1. The second kappa shape index (κ2) is 7.80. The molecular formula is C21H19F2N3O2. The Kier molecular flexibility index (Phi) is 5.06. The van der Waals surface area contributed by atoms with Crippen molar-refractivity contribution in [1.29, 1.82) is 0 Å². The number of hydrogen-bond donors (Lipinski definition) is 1. The fraction of sp³-hybridized carbons (Fsp3) is 0.238. The van der Waals surface area contributed by atoms with Crippen molar-refractivity contribution in [2.75, 3.05) is 29.9 Å². The highest BCUT2D eigenvalue weighted by Crippen LogP contribution is 2.28. The minimum atomic E-state index is -0.838. The third-order valence-corrected chi connectivity index (χ3v) is 4.66. The summed E-state index contributed by atoms with van der Waals surface area (Å²) in [6.45, 7) is 1.64. The zero-order valence-corrected chi connectivity index (χ0v) is 15.1. The van der Waals surface area contributed by atoms with Crippen LogP contribution >= 0.6 is 0 Å². The van der Waals surface area contributed by atoms with Crippen molar-refractivity contribution in [1.82, 2.24) is 4.98 Å². The number of ether oxygens (including phenoxy) is 1. The van der Waals surface area contributed by atoms with Gasteiger partial charge in [0.25, 0.3) is 5.91 Å². The average molecular weight is 383 g/mol. The maximum absolute atomic E-state index is 13.7. The van der Waals surface area contributed by atoms with Gasteiger partial charge >= 0.3 is 0 Å². The van der Waals surface area contributed by atoms with Crippen molar-refractivity contribution >= 4 is 28.3 Å². The molecule has 4 rings (SSSR count). The van der Waals surface area contributed by atoms with Gasteiger partial charge in [-0.25, -0.2) is 13.8 Å². The summed E-state index contributed by atoms with van der Waals surface area (Å²) >= 11 is 0. The van der Waals surface area contributed by atoms with Crippen LogP contribution in [0.15, 0.2) is 48.5 Å². The van der Waals surface area contributed by atoms with Crippen LogP contribution in [0.25, 0.3) is 10.9 Å². The summed E-state index contributed by atoms with van der Waals surface area (Å²) < 4.78 is 32.3. The number of anilines is 2. The van der Waals surface area contributed by atoms with Gasteiger partial charge in [-0.05, 0) is 43.2 Å². The van der Waals surface area contributed by atoms with Crippen molar-refractivity contribution in [2.24, 2.45) is 0 Å². The molecule has 2 heterocycles. The molecular weight excluding hydrogens is 364 g/mol. The minimum absolute atomic E-state index is 0.0950. The van der Waals surface area contributed by atoms with E-state index < -0.39 is 17.5 Å². The predicted octanol–water partition coefficient (Wildman–Crippen LogP) is 4.13. The third kappa shape index (κ3) is 3.88. The molecule has 1 fully saturated rings. The van der Waals surface area contributed by atoms with Crippen LogP contribution in [-0.2, 0) is 4.79 Å². The number of nitrogens with zero attached hydrogens (tertiary/aromatic N) is 2. The van der Waals surface area contributed by atoms with E-state index >= 15 is 0 Å². The molecule has 0 saturated carbocycles. The Bertz CT molecular complexity index is 1020. The van der Waals surface area contributed by atoms with Gasteiger partial charge in [-0.3, -0.25) is 4.79 Å². The van der Waals surface area contributed by atoms with Gasteiger partial charge in [-0.2, -0.15) is 0 Å². The molecule has 1 aliphatic heterocycles. The molecule has 1 amide bonds. The quantitative estimate of drug-likeness (QED) is 0.720. The lowest BCUT2D eigenvalue weighted by Gasteiger charge is -2.17. The van der Waals surface area contributed by atoms with Gasteiger partial charge in [0.2, 0.25) is 0 Å². The summed E-state index contributed by atoms with van der Waals surface area (Å²) in [5.41, 5.74) is 0.579. The molecule has 5 nitrogen and oxygen atoms in total. The second-order valence-corrected chi connectivity index (χ2v) is 6.65. The average Bonchev–Trinajstić information content (AvgIpc) is 3.23. The lowest BCUT2D eigenvalue weighted by molar-refractivity contribution is -0.118. The third-order valence-electron chi connectivity index (χ3n) is 4.66. The number of amides is 1. The van der Waals surface area contributed by atoms with Crippen LogP contribution in [0, 0.1) is 11.6 Å². The van der Waals surface area contributed by atoms with Crippen LogP contribution in [-0.4, -0.2) is 30.6 Å².